The molecular weight excluding hydrogens is 273 g/mol. The number of rotatable bonds is 3. The third-order valence-electron chi connectivity index (χ3n) is 2.77. The third kappa shape index (κ3) is 4.31. The number of hydrogen-bond acceptors (Lipinski definition) is 3. The van der Waals surface area contributed by atoms with Crippen molar-refractivity contribution in [1.82, 2.24) is 10.6 Å². The van der Waals surface area contributed by atoms with Gasteiger partial charge in [0.25, 0.3) is 5.91 Å². The number of hydrogen-bond donors (Lipinski definition) is 3. The summed E-state index contributed by atoms with van der Waals surface area (Å²) in [5.74, 6) is -0.867. The van der Waals surface area contributed by atoms with Gasteiger partial charge in [-0.15, -0.1) is 0 Å². The van der Waals surface area contributed by atoms with Gasteiger partial charge in [-0.3, -0.25) is 10.1 Å². The van der Waals surface area contributed by atoms with Crippen LogP contribution in [0.5, 0.6) is 0 Å². The highest BCUT2D eigenvalue weighted by Crippen LogP contribution is 2.05. The van der Waals surface area contributed by atoms with E-state index in [0.717, 1.165) is 5.56 Å². The SMILES string of the molecule is Nc1ccc(C(=O)NC(=O)NCc2ccc(F)cc2)cc1. The lowest BCUT2D eigenvalue weighted by Crippen LogP contribution is -2.39. The lowest BCUT2D eigenvalue weighted by molar-refractivity contribution is 0.0964. The Morgan fingerprint density at radius 2 is 1.62 bits per heavy atom. The Morgan fingerprint density at radius 3 is 2.24 bits per heavy atom. The number of halogens is 1. The van der Waals surface area contributed by atoms with Gasteiger partial charge >= 0.3 is 6.03 Å². The molecule has 0 radical (unpaired) electrons. The normalized spacial score (nSPS) is 9.95. The van der Waals surface area contributed by atoms with Crippen LogP contribution >= 0.6 is 0 Å². The number of anilines is 1. The second-order valence-corrected chi connectivity index (χ2v) is 4.39. The van der Waals surface area contributed by atoms with Gasteiger partial charge in [0.15, 0.2) is 0 Å². The summed E-state index contributed by atoms with van der Waals surface area (Å²) in [5, 5.41) is 4.71. The molecular formula is C15H14FN3O2. The minimum Gasteiger partial charge on any atom is -0.399 e. The Hall–Kier alpha value is -2.89. The molecule has 0 bridgehead atoms. The molecule has 0 aromatic heterocycles. The first kappa shape index (κ1) is 14.5. The quantitative estimate of drug-likeness (QED) is 0.755. The molecule has 0 aliphatic heterocycles. The maximum Gasteiger partial charge on any atom is 0.321 e. The number of urea groups is 1. The van der Waals surface area contributed by atoms with Gasteiger partial charge in [-0.25, -0.2) is 9.18 Å². The predicted octanol–water partition coefficient (Wildman–Crippen LogP) is 2.05. The summed E-state index contributed by atoms with van der Waals surface area (Å²) < 4.78 is 12.7. The molecule has 0 saturated heterocycles. The Balaban J connectivity index is 1.85. The van der Waals surface area contributed by atoms with Crippen LogP contribution in [0.3, 0.4) is 0 Å². The number of carbonyl (C=O) groups is 2. The zero-order chi connectivity index (χ0) is 15.2. The fourth-order valence-electron chi connectivity index (χ4n) is 1.64. The van der Waals surface area contributed by atoms with Crippen LogP contribution in [-0.2, 0) is 6.54 Å². The second-order valence-electron chi connectivity index (χ2n) is 4.39. The van der Waals surface area contributed by atoms with Crippen molar-refractivity contribution in [3.05, 3.63) is 65.5 Å². The van der Waals surface area contributed by atoms with E-state index in [-0.39, 0.29) is 12.4 Å². The number of carbonyl (C=O) groups excluding carboxylic acids is 2. The van der Waals surface area contributed by atoms with Crippen molar-refractivity contribution in [1.29, 1.82) is 0 Å². The van der Waals surface area contributed by atoms with Gasteiger partial charge in [0.1, 0.15) is 5.82 Å². The lowest BCUT2D eigenvalue weighted by Gasteiger charge is -2.07. The minimum absolute atomic E-state index is 0.196. The molecule has 2 aromatic rings. The van der Waals surface area contributed by atoms with Crippen molar-refractivity contribution >= 4 is 17.6 Å². The Kier molecular flexibility index (Phi) is 4.50. The van der Waals surface area contributed by atoms with Crippen LogP contribution in [0.25, 0.3) is 0 Å². The van der Waals surface area contributed by atoms with Gasteiger partial charge in [-0.05, 0) is 42.0 Å². The zero-order valence-electron chi connectivity index (χ0n) is 11.1. The molecule has 6 heteroatoms. The fourth-order valence-corrected chi connectivity index (χ4v) is 1.64. The van der Waals surface area contributed by atoms with Crippen LogP contribution in [0.1, 0.15) is 15.9 Å². The van der Waals surface area contributed by atoms with E-state index in [9.17, 15) is 14.0 Å². The van der Waals surface area contributed by atoms with E-state index < -0.39 is 11.9 Å². The summed E-state index contributed by atoms with van der Waals surface area (Å²) in [6.07, 6.45) is 0. The molecule has 0 fully saturated rings. The number of benzene rings is 2. The average molecular weight is 287 g/mol. The summed E-state index contributed by atoms with van der Waals surface area (Å²) >= 11 is 0. The standard InChI is InChI=1S/C15H14FN3O2/c16-12-5-1-10(2-6-12)9-18-15(21)19-14(20)11-3-7-13(17)8-4-11/h1-8H,9,17H2,(H2,18,19,20,21). The first-order chi connectivity index (χ1) is 10.0. The number of nitrogens with one attached hydrogen (secondary N) is 2. The smallest absolute Gasteiger partial charge is 0.321 e. The van der Waals surface area contributed by atoms with Crippen molar-refractivity contribution in [3.63, 3.8) is 0 Å². The molecule has 0 unspecified atom stereocenters. The van der Waals surface area contributed by atoms with Crippen LogP contribution in [-0.4, -0.2) is 11.9 Å². The van der Waals surface area contributed by atoms with Crippen LogP contribution in [0.4, 0.5) is 14.9 Å². The maximum atomic E-state index is 12.7. The molecule has 21 heavy (non-hydrogen) atoms. The lowest BCUT2D eigenvalue weighted by atomic mass is 10.2. The van der Waals surface area contributed by atoms with Gasteiger partial charge in [0.2, 0.25) is 0 Å². The van der Waals surface area contributed by atoms with E-state index >= 15 is 0 Å². The Morgan fingerprint density at radius 1 is 1.00 bits per heavy atom. The maximum absolute atomic E-state index is 12.7. The molecule has 108 valence electrons. The van der Waals surface area contributed by atoms with Crippen LogP contribution in [0.2, 0.25) is 0 Å². The molecule has 2 rings (SSSR count). The molecule has 3 amide bonds. The number of amides is 3. The summed E-state index contributed by atoms with van der Waals surface area (Å²) in [6, 6.07) is 11.3. The Labute approximate surface area is 121 Å². The monoisotopic (exact) mass is 287 g/mol. The first-order valence-electron chi connectivity index (χ1n) is 6.24. The number of nitrogen functional groups attached to an aromatic ring is 1. The molecule has 0 atom stereocenters. The highest BCUT2D eigenvalue weighted by atomic mass is 19.1. The van der Waals surface area contributed by atoms with Gasteiger partial charge in [-0.2, -0.15) is 0 Å². The van der Waals surface area contributed by atoms with Crippen molar-refractivity contribution in [2.75, 3.05) is 5.73 Å². The van der Waals surface area contributed by atoms with E-state index in [4.69, 9.17) is 5.73 Å². The summed E-state index contributed by atoms with van der Waals surface area (Å²) in [6.45, 7) is 0.196. The van der Waals surface area contributed by atoms with Crippen molar-refractivity contribution < 1.29 is 14.0 Å². The third-order valence-corrected chi connectivity index (χ3v) is 2.77. The molecule has 0 heterocycles. The van der Waals surface area contributed by atoms with Crippen LogP contribution < -0.4 is 16.4 Å². The van der Waals surface area contributed by atoms with E-state index in [1.807, 2.05) is 0 Å². The van der Waals surface area contributed by atoms with E-state index in [0.29, 0.717) is 11.3 Å². The van der Waals surface area contributed by atoms with Crippen molar-refractivity contribution in [3.8, 4) is 0 Å². The topological polar surface area (TPSA) is 84.2 Å². The zero-order valence-corrected chi connectivity index (χ0v) is 11.1. The van der Waals surface area contributed by atoms with Crippen LogP contribution in [0.15, 0.2) is 48.5 Å². The minimum atomic E-state index is -0.624. The average Bonchev–Trinajstić information content (AvgIpc) is 2.47. The molecule has 5 nitrogen and oxygen atoms in total. The second kappa shape index (κ2) is 6.51. The van der Waals surface area contributed by atoms with Crippen molar-refractivity contribution in [2.45, 2.75) is 6.54 Å². The summed E-state index contributed by atoms with van der Waals surface area (Å²) in [7, 11) is 0. The highest BCUT2D eigenvalue weighted by molar-refractivity contribution is 6.04. The molecule has 0 saturated carbocycles. The molecule has 0 aliphatic carbocycles. The van der Waals surface area contributed by atoms with Gasteiger partial charge < -0.3 is 11.1 Å². The van der Waals surface area contributed by atoms with E-state index in [1.165, 1.54) is 24.3 Å². The fraction of sp³-hybridized carbons (Fsp3) is 0.0667. The number of nitrogens with two attached hydrogens (primary N) is 1. The van der Waals surface area contributed by atoms with E-state index in [1.54, 1.807) is 24.3 Å². The molecule has 4 N–H and O–H groups in total. The first-order valence-corrected chi connectivity index (χ1v) is 6.24. The van der Waals surface area contributed by atoms with E-state index in [2.05, 4.69) is 10.6 Å². The Bertz CT molecular complexity index is 639. The summed E-state index contributed by atoms with van der Waals surface area (Å²) in [5.41, 5.74) is 7.11. The highest BCUT2D eigenvalue weighted by Gasteiger charge is 2.09. The summed E-state index contributed by atoms with van der Waals surface area (Å²) in [4.78, 5) is 23.4. The van der Waals surface area contributed by atoms with Crippen LogP contribution in [0, 0.1) is 5.82 Å². The molecule has 0 spiro atoms. The van der Waals surface area contributed by atoms with Gasteiger partial charge in [0.05, 0.1) is 0 Å². The molecule has 0 aliphatic rings. The predicted molar refractivity (Wildman–Crippen MR) is 77.0 cm³/mol. The number of imide groups is 1. The largest absolute Gasteiger partial charge is 0.399 e. The molecule has 2 aromatic carbocycles. The van der Waals surface area contributed by atoms with Crippen molar-refractivity contribution in [2.24, 2.45) is 0 Å². The van der Waals surface area contributed by atoms with Gasteiger partial charge in [0, 0.05) is 17.8 Å². The van der Waals surface area contributed by atoms with Gasteiger partial charge in [-0.1, -0.05) is 12.1 Å².